The standard InChI is InChI=1S/C19H18N2O2/c1-3-21-18(22)16(14-9-5-4-6-10-14)17(19(21)23)20-15-11-7-8-13(2)12-15/h4-12,20H,3H2,1-2H3. The van der Waals surface area contributed by atoms with Gasteiger partial charge in [0.25, 0.3) is 11.8 Å². The van der Waals surface area contributed by atoms with Crippen molar-refractivity contribution in [1.82, 2.24) is 4.90 Å². The lowest BCUT2D eigenvalue weighted by Crippen LogP contribution is -2.32. The van der Waals surface area contributed by atoms with Gasteiger partial charge in [0.1, 0.15) is 5.70 Å². The van der Waals surface area contributed by atoms with Crippen molar-refractivity contribution in [2.45, 2.75) is 13.8 Å². The fourth-order valence-electron chi connectivity index (χ4n) is 2.72. The molecule has 0 fully saturated rings. The predicted octanol–water partition coefficient (Wildman–Crippen LogP) is 3.21. The molecule has 2 aromatic rings. The molecule has 0 atom stereocenters. The summed E-state index contributed by atoms with van der Waals surface area (Å²) in [6, 6.07) is 17.0. The van der Waals surface area contributed by atoms with Gasteiger partial charge in [-0.3, -0.25) is 14.5 Å². The average Bonchev–Trinajstić information content (AvgIpc) is 2.78. The van der Waals surface area contributed by atoms with Gasteiger partial charge < -0.3 is 5.32 Å². The third-order valence-electron chi connectivity index (χ3n) is 3.83. The quantitative estimate of drug-likeness (QED) is 0.882. The first-order chi connectivity index (χ1) is 11.1. The second-order valence-electron chi connectivity index (χ2n) is 5.47. The molecule has 23 heavy (non-hydrogen) atoms. The number of carbonyl (C=O) groups excluding carboxylic acids is 2. The third-order valence-corrected chi connectivity index (χ3v) is 3.83. The second kappa shape index (κ2) is 6.08. The first-order valence-corrected chi connectivity index (χ1v) is 7.61. The van der Waals surface area contributed by atoms with Crippen molar-refractivity contribution < 1.29 is 9.59 Å². The lowest BCUT2D eigenvalue weighted by Gasteiger charge is -2.12. The highest BCUT2D eigenvalue weighted by atomic mass is 16.2. The Morgan fingerprint density at radius 2 is 1.70 bits per heavy atom. The number of likely N-dealkylation sites (N-methyl/N-ethyl adjacent to an activating group) is 1. The van der Waals surface area contributed by atoms with Crippen molar-refractivity contribution in [3.05, 3.63) is 71.4 Å². The van der Waals surface area contributed by atoms with E-state index in [1.54, 1.807) is 6.92 Å². The molecule has 0 unspecified atom stereocenters. The zero-order valence-electron chi connectivity index (χ0n) is 13.2. The van der Waals surface area contributed by atoms with E-state index in [2.05, 4.69) is 5.32 Å². The van der Waals surface area contributed by atoms with Crippen LogP contribution < -0.4 is 5.32 Å². The molecule has 0 aromatic heterocycles. The summed E-state index contributed by atoms with van der Waals surface area (Å²) in [5.41, 5.74) is 3.40. The van der Waals surface area contributed by atoms with Crippen LogP contribution >= 0.6 is 0 Å². The number of aryl methyl sites for hydroxylation is 1. The van der Waals surface area contributed by atoms with Crippen LogP contribution in [0.1, 0.15) is 18.1 Å². The van der Waals surface area contributed by atoms with Gasteiger partial charge >= 0.3 is 0 Å². The Balaban J connectivity index is 2.08. The second-order valence-corrected chi connectivity index (χ2v) is 5.47. The van der Waals surface area contributed by atoms with Gasteiger partial charge in [-0.1, -0.05) is 42.5 Å². The number of benzene rings is 2. The number of amides is 2. The summed E-state index contributed by atoms with van der Waals surface area (Å²) in [7, 11) is 0. The summed E-state index contributed by atoms with van der Waals surface area (Å²) in [5.74, 6) is -0.531. The molecule has 4 nitrogen and oxygen atoms in total. The van der Waals surface area contributed by atoms with Crippen LogP contribution in [0.4, 0.5) is 5.69 Å². The molecule has 1 aliphatic heterocycles. The van der Waals surface area contributed by atoms with Crippen molar-refractivity contribution in [2.75, 3.05) is 11.9 Å². The van der Waals surface area contributed by atoms with Crippen molar-refractivity contribution in [3.63, 3.8) is 0 Å². The fraction of sp³-hybridized carbons (Fsp3) is 0.158. The van der Waals surface area contributed by atoms with Crippen LogP contribution in [0.15, 0.2) is 60.3 Å². The number of rotatable bonds is 4. The molecule has 4 heteroatoms. The SMILES string of the molecule is CCN1C(=O)C(Nc2cccc(C)c2)=C(c2ccccc2)C1=O. The number of nitrogens with one attached hydrogen (secondary N) is 1. The lowest BCUT2D eigenvalue weighted by atomic mass is 10.0. The van der Waals surface area contributed by atoms with E-state index in [1.165, 1.54) is 4.90 Å². The summed E-state index contributed by atoms with van der Waals surface area (Å²) in [6.07, 6.45) is 0. The third kappa shape index (κ3) is 2.75. The maximum absolute atomic E-state index is 12.6. The summed E-state index contributed by atoms with van der Waals surface area (Å²) < 4.78 is 0. The largest absolute Gasteiger partial charge is 0.350 e. The van der Waals surface area contributed by atoms with Gasteiger partial charge in [0.2, 0.25) is 0 Å². The van der Waals surface area contributed by atoms with Crippen LogP contribution in [0.3, 0.4) is 0 Å². The van der Waals surface area contributed by atoms with Crippen LogP contribution in [0.5, 0.6) is 0 Å². The van der Waals surface area contributed by atoms with Gasteiger partial charge in [-0.2, -0.15) is 0 Å². The number of anilines is 1. The van der Waals surface area contributed by atoms with E-state index in [1.807, 2.05) is 61.5 Å². The Morgan fingerprint density at radius 1 is 0.957 bits per heavy atom. The van der Waals surface area contributed by atoms with Gasteiger partial charge in [-0.25, -0.2) is 0 Å². The van der Waals surface area contributed by atoms with Crippen molar-refractivity contribution in [3.8, 4) is 0 Å². The molecule has 116 valence electrons. The van der Waals surface area contributed by atoms with Crippen LogP contribution in [-0.2, 0) is 9.59 Å². The predicted molar refractivity (Wildman–Crippen MR) is 90.6 cm³/mol. The van der Waals surface area contributed by atoms with Crippen molar-refractivity contribution in [2.24, 2.45) is 0 Å². The Morgan fingerprint density at radius 3 is 2.35 bits per heavy atom. The van der Waals surface area contributed by atoms with Gasteiger partial charge in [0, 0.05) is 12.2 Å². The minimum Gasteiger partial charge on any atom is -0.350 e. The van der Waals surface area contributed by atoms with Crippen molar-refractivity contribution >= 4 is 23.1 Å². The van der Waals surface area contributed by atoms with E-state index in [-0.39, 0.29) is 11.8 Å². The molecule has 2 aromatic carbocycles. The number of nitrogens with zero attached hydrogens (tertiary/aromatic N) is 1. The number of imide groups is 1. The van der Waals surface area contributed by atoms with E-state index in [4.69, 9.17) is 0 Å². The normalized spacial score (nSPS) is 14.6. The van der Waals surface area contributed by atoms with E-state index in [0.29, 0.717) is 17.8 Å². The van der Waals surface area contributed by atoms with Gasteiger partial charge in [-0.05, 0) is 37.1 Å². The number of hydrogen-bond acceptors (Lipinski definition) is 3. The molecule has 0 aliphatic carbocycles. The summed E-state index contributed by atoms with van der Waals surface area (Å²) in [6.45, 7) is 4.14. The first-order valence-electron chi connectivity index (χ1n) is 7.61. The summed E-state index contributed by atoms with van der Waals surface area (Å²) >= 11 is 0. The van der Waals surface area contributed by atoms with Gasteiger partial charge in [0.05, 0.1) is 5.57 Å². The molecule has 1 aliphatic rings. The Labute approximate surface area is 135 Å². The number of carbonyl (C=O) groups is 2. The summed E-state index contributed by atoms with van der Waals surface area (Å²) in [5, 5.41) is 3.14. The molecular weight excluding hydrogens is 288 g/mol. The molecule has 0 saturated heterocycles. The molecule has 0 bridgehead atoms. The molecule has 0 spiro atoms. The van der Waals surface area contributed by atoms with E-state index in [9.17, 15) is 9.59 Å². The van der Waals surface area contributed by atoms with E-state index in [0.717, 1.165) is 16.8 Å². The fourth-order valence-corrected chi connectivity index (χ4v) is 2.72. The lowest BCUT2D eigenvalue weighted by molar-refractivity contribution is -0.136. The first kappa shape index (κ1) is 15.0. The number of hydrogen-bond donors (Lipinski definition) is 1. The smallest absolute Gasteiger partial charge is 0.278 e. The average molecular weight is 306 g/mol. The monoisotopic (exact) mass is 306 g/mol. The Kier molecular flexibility index (Phi) is 3.98. The van der Waals surface area contributed by atoms with Crippen LogP contribution in [0.2, 0.25) is 0 Å². The zero-order chi connectivity index (χ0) is 16.4. The Hall–Kier alpha value is -2.88. The summed E-state index contributed by atoms with van der Waals surface area (Å²) in [4.78, 5) is 26.5. The highest BCUT2D eigenvalue weighted by molar-refractivity contribution is 6.36. The van der Waals surface area contributed by atoms with Crippen LogP contribution in [0, 0.1) is 6.92 Å². The van der Waals surface area contributed by atoms with Gasteiger partial charge in [-0.15, -0.1) is 0 Å². The molecule has 0 radical (unpaired) electrons. The van der Waals surface area contributed by atoms with Crippen molar-refractivity contribution in [1.29, 1.82) is 0 Å². The molecule has 1 N–H and O–H groups in total. The highest BCUT2D eigenvalue weighted by Gasteiger charge is 2.38. The molecule has 1 heterocycles. The minimum atomic E-state index is -0.280. The molecule has 0 saturated carbocycles. The zero-order valence-corrected chi connectivity index (χ0v) is 13.2. The highest BCUT2D eigenvalue weighted by Crippen LogP contribution is 2.30. The molecule has 2 amide bonds. The Bertz CT molecular complexity index is 794. The van der Waals surface area contributed by atoms with Crippen LogP contribution in [0.25, 0.3) is 5.57 Å². The van der Waals surface area contributed by atoms with E-state index < -0.39 is 0 Å². The van der Waals surface area contributed by atoms with E-state index >= 15 is 0 Å². The molecular formula is C19H18N2O2. The molecule has 3 rings (SSSR count). The van der Waals surface area contributed by atoms with Gasteiger partial charge in [0.15, 0.2) is 0 Å². The minimum absolute atomic E-state index is 0.251. The topological polar surface area (TPSA) is 49.4 Å². The maximum Gasteiger partial charge on any atom is 0.278 e. The maximum atomic E-state index is 12.6. The van der Waals surface area contributed by atoms with Crippen LogP contribution in [-0.4, -0.2) is 23.3 Å².